The lowest BCUT2D eigenvalue weighted by Crippen LogP contribution is -2.47. The van der Waals surface area contributed by atoms with Crippen LogP contribution >= 0.6 is 0 Å². The molecule has 1 atom stereocenters. The van der Waals surface area contributed by atoms with Crippen LogP contribution in [0.2, 0.25) is 18.1 Å². The number of nitrogens with one attached hydrogen (secondary N) is 1. The average molecular weight is 548 g/mol. The van der Waals surface area contributed by atoms with Crippen molar-refractivity contribution in [2.75, 3.05) is 13.2 Å². The molecule has 38 heavy (non-hydrogen) atoms. The van der Waals surface area contributed by atoms with Crippen LogP contribution in [-0.2, 0) is 20.5 Å². The largest absolute Gasteiger partial charge is 0.490 e. The van der Waals surface area contributed by atoms with E-state index in [-0.39, 0.29) is 11.6 Å². The number of hydrogen-bond acceptors (Lipinski definition) is 7. The molecule has 1 heterocycles. The molecule has 0 radical (unpaired) electrons. The molecule has 11 heteroatoms. The van der Waals surface area contributed by atoms with Gasteiger partial charge in [0.25, 0.3) is 0 Å². The summed E-state index contributed by atoms with van der Waals surface area (Å²) in [4.78, 5) is 35.1. The van der Waals surface area contributed by atoms with Crippen molar-refractivity contribution in [2.24, 2.45) is 0 Å². The maximum Gasteiger partial charge on any atom is 0.407 e. The number of benzene rings is 1. The lowest BCUT2D eigenvalue weighted by Gasteiger charge is -2.38. The zero-order valence-electron chi connectivity index (χ0n) is 23.7. The summed E-state index contributed by atoms with van der Waals surface area (Å²) in [5.74, 6) is -0.554. The van der Waals surface area contributed by atoms with E-state index in [1.165, 1.54) is 0 Å². The van der Waals surface area contributed by atoms with Crippen molar-refractivity contribution in [1.29, 1.82) is 0 Å². The summed E-state index contributed by atoms with van der Waals surface area (Å²) in [6.07, 6.45) is -0.247. The van der Waals surface area contributed by atoms with Crippen LogP contribution in [0.4, 0.5) is 4.79 Å². The SMILES string of the molecule is CC(C)(C)OC(=O)NCCCn1nc(-c2ccc(OCC(O[Si](C)(C)C(C)(C)C)C(=O)O)cc2)cc1C=O. The number of rotatable bonds is 12. The average Bonchev–Trinajstić information content (AvgIpc) is 3.21. The number of aryl methyl sites for hydroxylation is 1. The van der Waals surface area contributed by atoms with E-state index in [0.29, 0.717) is 36.6 Å². The maximum atomic E-state index is 11.8. The van der Waals surface area contributed by atoms with Crippen LogP contribution in [-0.4, -0.2) is 66.4 Å². The molecule has 0 aliphatic rings. The Hall–Kier alpha value is -3.18. The van der Waals surface area contributed by atoms with E-state index in [0.717, 1.165) is 11.8 Å². The summed E-state index contributed by atoms with van der Waals surface area (Å²) in [6, 6.07) is 8.74. The molecule has 0 aliphatic carbocycles. The molecule has 10 nitrogen and oxygen atoms in total. The van der Waals surface area contributed by atoms with Gasteiger partial charge in [0, 0.05) is 18.7 Å². The normalized spacial score (nSPS) is 13.1. The van der Waals surface area contributed by atoms with Gasteiger partial charge in [-0.25, -0.2) is 9.59 Å². The van der Waals surface area contributed by atoms with Gasteiger partial charge in [-0.2, -0.15) is 5.10 Å². The highest BCUT2D eigenvalue weighted by Crippen LogP contribution is 2.37. The quantitative estimate of drug-likeness (QED) is 0.213. The van der Waals surface area contributed by atoms with Crippen LogP contribution in [0.1, 0.15) is 58.5 Å². The molecular formula is C27H41N3O7Si. The van der Waals surface area contributed by atoms with Crippen molar-refractivity contribution < 1.29 is 33.4 Å². The highest BCUT2D eigenvalue weighted by Gasteiger charge is 2.41. The van der Waals surface area contributed by atoms with Gasteiger partial charge >= 0.3 is 12.1 Å². The molecule has 0 fully saturated rings. The Labute approximate surface area is 225 Å². The Bertz CT molecular complexity index is 1100. The van der Waals surface area contributed by atoms with Crippen molar-refractivity contribution in [3.63, 3.8) is 0 Å². The van der Waals surface area contributed by atoms with Crippen molar-refractivity contribution in [3.05, 3.63) is 36.0 Å². The fourth-order valence-corrected chi connectivity index (χ4v) is 4.40. The molecule has 2 rings (SSSR count). The molecule has 210 valence electrons. The highest BCUT2D eigenvalue weighted by molar-refractivity contribution is 6.74. The zero-order valence-corrected chi connectivity index (χ0v) is 24.7. The summed E-state index contributed by atoms with van der Waals surface area (Å²) in [6.45, 7) is 16.3. The Morgan fingerprint density at radius 1 is 1.13 bits per heavy atom. The van der Waals surface area contributed by atoms with Crippen LogP contribution in [0.25, 0.3) is 11.3 Å². The smallest absolute Gasteiger partial charge is 0.407 e. The van der Waals surface area contributed by atoms with Gasteiger partial charge < -0.3 is 24.3 Å². The minimum absolute atomic E-state index is 0.109. The van der Waals surface area contributed by atoms with Crippen LogP contribution < -0.4 is 10.1 Å². The first kappa shape index (κ1) is 31.0. The van der Waals surface area contributed by atoms with E-state index in [2.05, 4.69) is 31.2 Å². The molecule has 2 aromatic rings. The van der Waals surface area contributed by atoms with Crippen LogP contribution in [0.3, 0.4) is 0 Å². The topological polar surface area (TPSA) is 129 Å². The van der Waals surface area contributed by atoms with E-state index in [1.54, 1.807) is 55.8 Å². The van der Waals surface area contributed by atoms with Gasteiger partial charge in [0.1, 0.15) is 23.7 Å². The molecule has 1 unspecified atom stereocenters. The molecule has 2 N–H and O–H groups in total. The Morgan fingerprint density at radius 3 is 2.29 bits per heavy atom. The fraction of sp³-hybridized carbons (Fsp3) is 0.556. The standard InChI is InChI=1S/C27H41N3O7Si/c1-26(2,3)36-25(34)28-14-9-15-30-20(17-31)16-22(29-30)19-10-12-21(13-11-19)35-18-23(24(32)33)37-38(7,8)27(4,5)6/h10-13,16-17,23H,9,14-15,18H2,1-8H3,(H,28,34)(H,32,33). The van der Waals surface area contributed by atoms with Gasteiger partial charge in [0.2, 0.25) is 0 Å². The number of aldehydes is 1. The summed E-state index contributed by atoms with van der Waals surface area (Å²) in [5.41, 5.74) is 1.24. The van der Waals surface area contributed by atoms with Crippen molar-refractivity contribution in [1.82, 2.24) is 15.1 Å². The summed E-state index contributed by atoms with van der Waals surface area (Å²) in [7, 11) is -2.28. The molecule has 0 bridgehead atoms. The number of ether oxygens (including phenoxy) is 2. The number of hydrogen-bond donors (Lipinski definition) is 2. The van der Waals surface area contributed by atoms with E-state index in [4.69, 9.17) is 13.9 Å². The number of aromatic nitrogens is 2. The van der Waals surface area contributed by atoms with Gasteiger partial charge in [0.05, 0.1) is 5.69 Å². The number of alkyl carbamates (subject to hydrolysis) is 1. The predicted molar refractivity (Wildman–Crippen MR) is 147 cm³/mol. The third-order valence-electron chi connectivity index (χ3n) is 6.22. The molecular weight excluding hydrogens is 506 g/mol. The van der Waals surface area contributed by atoms with Gasteiger partial charge in [-0.1, -0.05) is 20.8 Å². The maximum absolute atomic E-state index is 11.8. The van der Waals surface area contributed by atoms with Crippen molar-refractivity contribution >= 4 is 26.7 Å². The van der Waals surface area contributed by atoms with E-state index >= 15 is 0 Å². The number of nitrogens with zero attached hydrogens (tertiary/aromatic N) is 2. The Balaban J connectivity index is 1.98. The third kappa shape index (κ3) is 9.28. The Kier molecular flexibility index (Phi) is 10.3. The van der Waals surface area contributed by atoms with Crippen molar-refractivity contribution in [2.45, 2.75) is 84.3 Å². The van der Waals surface area contributed by atoms with Crippen molar-refractivity contribution in [3.8, 4) is 17.0 Å². The Morgan fingerprint density at radius 2 is 1.76 bits per heavy atom. The summed E-state index contributed by atoms with van der Waals surface area (Å²) in [5, 5.41) is 16.7. The van der Waals surface area contributed by atoms with Gasteiger partial charge in [-0.05, 0) is 75.7 Å². The van der Waals surface area contributed by atoms with E-state index in [1.807, 2.05) is 13.1 Å². The first-order chi connectivity index (χ1) is 17.5. The monoisotopic (exact) mass is 547 g/mol. The molecule has 0 aliphatic heterocycles. The van der Waals surface area contributed by atoms with Crippen LogP contribution in [0, 0.1) is 0 Å². The lowest BCUT2D eigenvalue weighted by atomic mass is 10.1. The number of carbonyl (C=O) groups excluding carboxylic acids is 2. The van der Waals surface area contributed by atoms with Crippen LogP contribution in [0.5, 0.6) is 5.75 Å². The van der Waals surface area contributed by atoms with Gasteiger partial charge in [-0.15, -0.1) is 0 Å². The number of carboxylic acid groups (broad SMARTS) is 1. The molecule has 0 spiro atoms. The van der Waals surface area contributed by atoms with E-state index < -0.39 is 32.1 Å². The number of amides is 1. The first-order valence-corrected chi connectivity index (χ1v) is 15.6. The molecule has 1 aromatic carbocycles. The second-order valence-corrected chi connectivity index (χ2v) is 16.4. The summed E-state index contributed by atoms with van der Waals surface area (Å²) < 4.78 is 18.6. The second kappa shape index (κ2) is 12.6. The minimum atomic E-state index is -2.28. The molecule has 0 saturated heterocycles. The number of carbonyl (C=O) groups is 3. The third-order valence-corrected chi connectivity index (χ3v) is 10.7. The number of carboxylic acids is 1. The number of aliphatic carboxylic acids is 1. The zero-order chi connectivity index (χ0) is 28.7. The highest BCUT2D eigenvalue weighted by atomic mass is 28.4. The first-order valence-electron chi connectivity index (χ1n) is 12.7. The van der Waals surface area contributed by atoms with Gasteiger partial charge in [-0.3, -0.25) is 9.48 Å². The second-order valence-electron chi connectivity index (χ2n) is 11.6. The molecule has 1 aromatic heterocycles. The lowest BCUT2D eigenvalue weighted by molar-refractivity contribution is -0.147. The summed E-state index contributed by atoms with van der Waals surface area (Å²) >= 11 is 0. The van der Waals surface area contributed by atoms with Gasteiger partial charge in [0.15, 0.2) is 20.7 Å². The van der Waals surface area contributed by atoms with E-state index in [9.17, 15) is 19.5 Å². The molecule has 1 amide bonds. The van der Waals surface area contributed by atoms with Crippen LogP contribution in [0.15, 0.2) is 30.3 Å². The predicted octanol–water partition coefficient (Wildman–Crippen LogP) is 5.13. The minimum Gasteiger partial charge on any atom is -0.490 e. The molecule has 0 saturated carbocycles. The fourth-order valence-electron chi connectivity index (χ4n) is 3.16.